The molecule has 1 aromatic rings. The fourth-order valence-electron chi connectivity index (χ4n) is 4.04. The fourth-order valence-corrected chi connectivity index (χ4v) is 4.04. The third-order valence-electron chi connectivity index (χ3n) is 5.46. The van der Waals surface area contributed by atoms with E-state index in [4.69, 9.17) is 4.74 Å². The van der Waals surface area contributed by atoms with E-state index >= 15 is 0 Å². The summed E-state index contributed by atoms with van der Waals surface area (Å²) in [6.07, 6.45) is 4.95. The summed E-state index contributed by atoms with van der Waals surface area (Å²) in [7, 11) is 1.90. The molecule has 0 amide bonds. The summed E-state index contributed by atoms with van der Waals surface area (Å²) in [6, 6.07) is 10.2. The Labute approximate surface area is 158 Å². The van der Waals surface area contributed by atoms with E-state index < -0.39 is 0 Å². The maximum Gasteiger partial charge on any atom is 0.193 e. The molecule has 2 fully saturated rings. The van der Waals surface area contributed by atoms with E-state index in [0.717, 1.165) is 50.1 Å². The minimum atomic E-state index is 0.309. The number of rotatable bonds is 6. The molecular weight excluding hydrogens is 324 g/mol. The molecule has 1 unspecified atom stereocenters. The van der Waals surface area contributed by atoms with Crippen LogP contribution in [-0.2, 0) is 0 Å². The van der Waals surface area contributed by atoms with E-state index in [2.05, 4.69) is 27.0 Å². The van der Waals surface area contributed by atoms with Crippen LogP contribution in [0.3, 0.4) is 0 Å². The Morgan fingerprint density at radius 2 is 1.92 bits per heavy atom. The van der Waals surface area contributed by atoms with Crippen LogP contribution in [0.4, 0.5) is 0 Å². The molecule has 144 valence electrons. The van der Waals surface area contributed by atoms with Crippen molar-refractivity contribution in [3.05, 3.63) is 30.3 Å². The molecule has 1 aromatic carbocycles. The van der Waals surface area contributed by atoms with Crippen LogP contribution in [-0.4, -0.2) is 68.2 Å². The van der Waals surface area contributed by atoms with Gasteiger partial charge in [-0.1, -0.05) is 25.1 Å². The van der Waals surface area contributed by atoms with Crippen LogP contribution < -0.4 is 10.1 Å². The zero-order valence-electron chi connectivity index (χ0n) is 16.4. The molecule has 3 rings (SSSR count). The molecule has 2 aliphatic rings. The molecule has 0 aromatic heterocycles. The third-order valence-corrected chi connectivity index (χ3v) is 5.46. The lowest BCUT2D eigenvalue weighted by Crippen LogP contribution is -2.48. The van der Waals surface area contributed by atoms with E-state index in [-0.39, 0.29) is 0 Å². The largest absolute Gasteiger partial charge is 0.490 e. The molecule has 0 radical (unpaired) electrons. The number of guanidine groups is 1. The quantitative estimate of drug-likeness (QED) is 0.627. The average molecular weight is 359 g/mol. The second kappa shape index (κ2) is 9.81. The first-order chi connectivity index (χ1) is 12.8. The number of ether oxygens (including phenoxy) is 1. The predicted molar refractivity (Wildman–Crippen MR) is 108 cm³/mol. The van der Waals surface area contributed by atoms with Crippen molar-refractivity contribution in [3.8, 4) is 5.75 Å². The van der Waals surface area contributed by atoms with Gasteiger partial charge in [-0.2, -0.15) is 0 Å². The van der Waals surface area contributed by atoms with E-state index in [1.807, 2.05) is 37.4 Å². The van der Waals surface area contributed by atoms with E-state index in [9.17, 15) is 0 Å². The highest BCUT2D eigenvalue weighted by molar-refractivity contribution is 5.80. The maximum atomic E-state index is 6.10. The minimum Gasteiger partial charge on any atom is -0.490 e. The normalized spacial score (nSPS) is 22.6. The summed E-state index contributed by atoms with van der Waals surface area (Å²) in [5.41, 5.74) is 0. The first-order valence-corrected chi connectivity index (χ1v) is 10.2. The van der Waals surface area contributed by atoms with Crippen molar-refractivity contribution in [1.29, 1.82) is 0 Å². The lowest BCUT2D eigenvalue weighted by molar-refractivity contribution is 0.129. The molecule has 0 spiro atoms. The van der Waals surface area contributed by atoms with Crippen LogP contribution >= 0.6 is 0 Å². The Kier molecular flexibility index (Phi) is 7.18. The molecule has 5 nitrogen and oxygen atoms in total. The molecule has 0 aliphatic carbocycles. The summed E-state index contributed by atoms with van der Waals surface area (Å²) in [5, 5.41) is 3.62. The molecule has 2 heterocycles. The first kappa shape index (κ1) is 19.0. The smallest absolute Gasteiger partial charge is 0.193 e. The van der Waals surface area contributed by atoms with Gasteiger partial charge in [-0.15, -0.1) is 0 Å². The van der Waals surface area contributed by atoms with Gasteiger partial charge in [-0.3, -0.25) is 4.99 Å². The minimum absolute atomic E-state index is 0.309. The van der Waals surface area contributed by atoms with Crippen molar-refractivity contribution in [1.82, 2.24) is 15.1 Å². The molecule has 0 bridgehead atoms. The summed E-state index contributed by atoms with van der Waals surface area (Å²) in [4.78, 5) is 9.48. The van der Waals surface area contributed by atoms with Gasteiger partial charge in [0.2, 0.25) is 0 Å². The maximum absolute atomic E-state index is 6.10. The van der Waals surface area contributed by atoms with Crippen LogP contribution in [0.2, 0.25) is 0 Å². The monoisotopic (exact) mass is 358 g/mol. The van der Waals surface area contributed by atoms with Gasteiger partial charge in [0, 0.05) is 46.1 Å². The zero-order valence-corrected chi connectivity index (χ0v) is 16.4. The summed E-state index contributed by atoms with van der Waals surface area (Å²) in [5.74, 6) is 2.78. The highest BCUT2D eigenvalue weighted by atomic mass is 16.5. The van der Waals surface area contributed by atoms with Gasteiger partial charge in [0.1, 0.15) is 11.9 Å². The van der Waals surface area contributed by atoms with Gasteiger partial charge < -0.3 is 19.9 Å². The molecule has 2 aliphatic heterocycles. The topological polar surface area (TPSA) is 40.1 Å². The second-order valence-corrected chi connectivity index (χ2v) is 7.50. The van der Waals surface area contributed by atoms with E-state index in [0.29, 0.717) is 6.10 Å². The Hall–Kier alpha value is -1.75. The van der Waals surface area contributed by atoms with Crippen LogP contribution in [0.1, 0.15) is 32.6 Å². The highest BCUT2D eigenvalue weighted by Crippen LogP contribution is 2.19. The Morgan fingerprint density at radius 1 is 1.15 bits per heavy atom. The standard InChI is InChI=1S/C21H34N4O/c1-3-12-24-13-9-18(17-24)16-23-21(22-2)25-14-10-20(11-15-25)26-19-7-5-4-6-8-19/h4-8,18,20H,3,9-17H2,1-2H3,(H,22,23). The lowest BCUT2D eigenvalue weighted by Gasteiger charge is -2.34. The molecule has 0 saturated carbocycles. The lowest BCUT2D eigenvalue weighted by atomic mass is 10.1. The fraction of sp³-hybridized carbons (Fsp3) is 0.667. The molecule has 2 saturated heterocycles. The average Bonchev–Trinajstić information content (AvgIpc) is 3.12. The van der Waals surface area contributed by atoms with Gasteiger partial charge in [0.05, 0.1) is 0 Å². The van der Waals surface area contributed by atoms with Crippen LogP contribution in [0.15, 0.2) is 35.3 Å². The van der Waals surface area contributed by atoms with Gasteiger partial charge in [0.25, 0.3) is 0 Å². The van der Waals surface area contributed by atoms with Crippen molar-refractivity contribution >= 4 is 5.96 Å². The molecule has 5 heteroatoms. The summed E-state index contributed by atoms with van der Waals surface area (Å²) >= 11 is 0. The number of hydrogen-bond donors (Lipinski definition) is 1. The van der Waals surface area contributed by atoms with Gasteiger partial charge >= 0.3 is 0 Å². The molecule has 26 heavy (non-hydrogen) atoms. The summed E-state index contributed by atoms with van der Waals surface area (Å²) in [6.45, 7) is 9.02. The zero-order chi connectivity index (χ0) is 18.2. The number of likely N-dealkylation sites (tertiary alicyclic amines) is 2. The van der Waals surface area contributed by atoms with Crippen LogP contribution in [0, 0.1) is 5.92 Å². The van der Waals surface area contributed by atoms with E-state index in [1.165, 1.54) is 32.5 Å². The van der Waals surface area contributed by atoms with Crippen LogP contribution in [0.25, 0.3) is 0 Å². The SMILES string of the molecule is CCCN1CCC(CNC(=NC)N2CCC(Oc3ccccc3)CC2)C1. The van der Waals surface area contributed by atoms with Crippen molar-refractivity contribution < 1.29 is 4.74 Å². The number of nitrogens with zero attached hydrogens (tertiary/aromatic N) is 3. The van der Waals surface area contributed by atoms with Crippen LogP contribution in [0.5, 0.6) is 5.75 Å². The third kappa shape index (κ3) is 5.37. The predicted octanol–water partition coefficient (Wildman–Crippen LogP) is 2.84. The van der Waals surface area contributed by atoms with Crippen molar-refractivity contribution in [3.63, 3.8) is 0 Å². The summed E-state index contributed by atoms with van der Waals surface area (Å²) < 4.78 is 6.10. The number of aliphatic imine (C=N–C) groups is 1. The number of para-hydroxylation sites is 1. The Bertz CT molecular complexity index is 554. The molecular formula is C21H34N4O. The highest BCUT2D eigenvalue weighted by Gasteiger charge is 2.25. The number of benzene rings is 1. The van der Waals surface area contributed by atoms with Gasteiger partial charge in [-0.05, 0) is 44.0 Å². The van der Waals surface area contributed by atoms with Crippen molar-refractivity contribution in [2.45, 2.75) is 38.7 Å². The van der Waals surface area contributed by atoms with Crippen molar-refractivity contribution in [2.24, 2.45) is 10.9 Å². The number of nitrogens with one attached hydrogen (secondary N) is 1. The first-order valence-electron chi connectivity index (χ1n) is 10.2. The molecule has 1 atom stereocenters. The number of piperidine rings is 1. The van der Waals surface area contributed by atoms with Gasteiger partial charge in [-0.25, -0.2) is 0 Å². The Balaban J connectivity index is 1.40. The van der Waals surface area contributed by atoms with Gasteiger partial charge in [0.15, 0.2) is 5.96 Å². The second-order valence-electron chi connectivity index (χ2n) is 7.50. The Morgan fingerprint density at radius 3 is 2.62 bits per heavy atom. The number of hydrogen-bond acceptors (Lipinski definition) is 3. The molecule has 1 N–H and O–H groups in total. The van der Waals surface area contributed by atoms with E-state index in [1.54, 1.807) is 0 Å². The van der Waals surface area contributed by atoms with Crippen molar-refractivity contribution in [2.75, 3.05) is 46.3 Å².